The minimum absolute atomic E-state index is 0.316. The Morgan fingerprint density at radius 3 is 2.53 bits per heavy atom. The number of rotatable bonds is 3. The van der Waals surface area contributed by atoms with Crippen molar-refractivity contribution in [1.29, 1.82) is 0 Å². The third-order valence-corrected chi connectivity index (χ3v) is 3.61. The Kier molecular flexibility index (Phi) is 4.37. The first-order valence-corrected chi connectivity index (χ1v) is 6.59. The summed E-state index contributed by atoms with van der Waals surface area (Å²) in [5.74, 6) is -2.35. The zero-order valence-electron chi connectivity index (χ0n) is 10.3. The number of carbonyl (C=O) groups is 2. The summed E-state index contributed by atoms with van der Waals surface area (Å²) in [7, 11) is 0. The summed E-state index contributed by atoms with van der Waals surface area (Å²) >= 11 is 5.70. The topological polar surface area (TPSA) is 82.1 Å². The van der Waals surface area contributed by atoms with E-state index in [9.17, 15) is 14.7 Å². The molecule has 6 heteroatoms. The maximum Gasteiger partial charge on any atom is 0.229 e. The van der Waals surface area contributed by atoms with Crippen molar-refractivity contribution in [3.8, 4) is 0 Å². The van der Waals surface area contributed by atoms with Gasteiger partial charge in [-0.25, -0.2) is 4.98 Å². The second-order valence-electron chi connectivity index (χ2n) is 4.67. The van der Waals surface area contributed by atoms with Crippen LogP contribution in [-0.2, 0) is 9.59 Å². The average Bonchev–Trinajstić information content (AvgIpc) is 2.41. The van der Waals surface area contributed by atoms with Gasteiger partial charge in [-0.3, -0.25) is 4.79 Å². The maximum absolute atomic E-state index is 12.1. The molecule has 0 aromatic carbocycles. The van der Waals surface area contributed by atoms with E-state index in [0.29, 0.717) is 23.7 Å². The molecule has 1 saturated carbocycles. The highest BCUT2D eigenvalue weighted by molar-refractivity contribution is 6.30. The second kappa shape index (κ2) is 6.02. The number of amides is 1. The first-order valence-electron chi connectivity index (χ1n) is 6.21. The van der Waals surface area contributed by atoms with E-state index in [4.69, 9.17) is 11.6 Å². The minimum Gasteiger partial charge on any atom is -0.550 e. The SMILES string of the molecule is O=C([O-])[C@H]1CCCC[C@H]1C(=O)Nc1ccc(Cl)cn1. The molecule has 1 N–H and O–H groups in total. The van der Waals surface area contributed by atoms with Gasteiger partial charge in [-0.2, -0.15) is 0 Å². The van der Waals surface area contributed by atoms with E-state index in [0.717, 1.165) is 12.8 Å². The van der Waals surface area contributed by atoms with Crippen molar-refractivity contribution in [2.24, 2.45) is 11.8 Å². The summed E-state index contributed by atoms with van der Waals surface area (Å²) in [6, 6.07) is 3.19. The molecular weight excluding hydrogens is 268 g/mol. The summed E-state index contributed by atoms with van der Waals surface area (Å²) in [6.07, 6.45) is 4.17. The predicted octanol–water partition coefficient (Wildman–Crippen LogP) is 1.23. The van der Waals surface area contributed by atoms with Gasteiger partial charge in [-0.1, -0.05) is 24.4 Å². The van der Waals surface area contributed by atoms with E-state index in [1.54, 1.807) is 12.1 Å². The van der Waals surface area contributed by atoms with Gasteiger partial charge in [0.1, 0.15) is 5.82 Å². The zero-order chi connectivity index (χ0) is 13.8. The Balaban J connectivity index is 2.05. The minimum atomic E-state index is -1.15. The number of pyridine rings is 1. The molecule has 0 saturated heterocycles. The number of anilines is 1. The lowest BCUT2D eigenvalue weighted by Crippen LogP contribution is -2.42. The summed E-state index contributed by atoms with van der Waals surface area (Å²) in [6.45, 7) is 0. The van der Waals surface area contributed by atoms with Gasteiger partial charge in [-0.15, -0.1) is 0 Å². The standard InChI is InChI=1S/C13H15ClN2O3/c14-8-5-6-11(15-7-8)16-12(17)9-3-1-2-4-10(9)13(18)19/h5-7,9-10H,1-4H2,(H,18,19)(H,15,16,17)/p-1/t9-,10+/m1/s1. The average molecular weight is 282 g/mol. The Hall–Kier alpha value is -1.62. The fraction of sp³-hybridized carbons (Fsp3) is 0.462. The van der Waals surface area contributed by atoms with Crippen LogP contribution in [0, 0.1) is 11.8 Å². The highest BCUT2D eigenvalue weighted by Crippen LogP contribution is 2.30. The molecule has 1 amide bonds. The highest BCUT2D eigenvalue weighted by Gasteiger charge is 2.31. The monoisotopic (exact) mass is 281 g/mol. The first kappa shape index (κ1) is 13.8. The Morgan fingerprint density at radius 2 is 1.95 bits per heavy atom. The molecule has 19 heavy (non-hydrogen) atoms. The van der Waals surface area contributed by atoms with Crippen LogP contribution in [0.25, 0.3) is 0 Å². The highest BCUT2D eigenvalue weighted by atomic mass is 35.5. The number of carboxylic acids is 1. The van der Waals surface area contributed by atoms with Crippen molar-refractivity contribution >= 4 is 29.3 Å². The van der Waals surface area contributed by atoms with Crippen LogP contribution < -0.4 is 10.4 Å². The van der Waals surface area contributed by atoms with Crippen LogP contribution in [0.2, 0.25) is 5.02 Å². The van der Waals surface area contributed by atoms with E-state index in [1.807, 2.05) is 0 Å². The van der Waals surface area contributed by atoms with Crippen LogP contribution in [0.3, 0.4) is 0 Å². The van der Waals surface area contributed by atoms with Crippen LogP contribution in [-0.4, -0.2) is 16.9 Å². The predicted molar refractivity (Wildman–Crippen MR) is 68.3 cm³/mol. The van der Waals surface area contributed by atoms with E-state index in [-0.39, 0.29) is 5.91 Å². The van der Waals surface area contributed by atoms with Gasteiger partial charge in [0, 0.05) is 24.0 Å². The van der Waals surface area contributed by atoms with Gasteiger partial charge in [0.15, 0.2) is 0 Å². The van der Waals surface area contributed by atoms with E-state index in [2.05, 4.69) is 10.3 Å². The first-order chi connectivity index (χ1) is 9.08. The third-order valence-electron chi connectivity index (χ3n) is 3.38. The molecule has 102 valence electrons. The van der Waals surface area contributed by atoms with Crippen LogP contribution in [0.5, 0.6) is 0 Å². The number of carboxylic acid groups (broad SMARTS) is 1. The lowest BCUT2D eigenvalue weighted by atomic mass is 9.79. The van der Waals surface area contributed by atoms with Gasteiger partial charge >= 0.3 is 0 Å². The molecule has 0 unspecified atom stereocenters. The number of nitrogens with one attached hydrogen (secondary N) is 1. The van der Waals surface area contributed by atoms with Gasteiger partial charge in [0.05, 0.1) is 5.02 Å². The molecule has 0 spiro atoms. The molecule has 2 atom stereocenters. The van der Waals surface area contributed by atoms with Crippen LogP contribution >= 0.6 is 11.6 Å². The number of hydrogen-bond donors (Lipinski definition) is 1. The van der Waals surface area contributed by atoms with Gasteiger partial charge in [0.25, 0.3) is 0 Å². The Morgan fingerprint density at radius 1 is 1.26 bits per heavy atom. The molecule has 5 nitrogen and oxygen atoms in total. The number of hydrogen-bond acceptors (Lipinski definition) is 4. The normalized spacial score (nSPS) is 22.8. The number of nitrogens with zero attached hydrogens (tertiary/aromatic N) is 1. The van der Waals surface area contributed by atoms with Gasteiger partial charge in [-0.05, 0) is 25.0 Å². The van der Waals surface area contributed by atoms with Gasteiger partial charge in [0.2, 0.25) is 5.91 Å². The smallest absolute Gasteiger partial charge is 0.229 e. The van der Waals surface area contributed by atoms with E-state index >= 15 is 0 Å². The molecule has 1 heterocycles. The van der Waals surface area contributed by atoms with Crippen molar-refractivity contribution in [3.05, 3.63) is 23.4 Å². The molecule has 2 rings (SSSR count). The molecule has 1 fully saturated rings. The van der Waals surface area contributed by atoms with Crippen molar-refractivity contribution in [2.75, 3.05) is 5.32 Å². The zero-order valence-corrected chi connectivity index (χ0v) is 11.0. The molecule has 0 aliphatic heterocycles. The molecule has 1 aromatic rings. The van der Waals surface area contributed by atoms with Crippen molar-refractivity contribution in [1.82, 2.24) is 4.98 Å². The van der Waals surface area contributed by atoms with Crippen LogP contribution in [0.15, 0.2) is 18.3 Å². The lowest BCUT2D eigenvalue weighted by molar-refractivity contribution is -0.313. The Bertz CT molecular complexity index is 475. The van der Waals surface area contributed by atoms with E-state index in [1.165, 1.54) is 6.20 Å². The summed E-state index contributed by atoms with van der Waals surface area (Å²) in [4.78, 5) is 27.1. The fourth-order valence-corrected chi connectivity index (χ4v) is 2.51. The number of aromatic nitrogens is 1. The fourth-order valence-electron chi connectivity index (χ4n) is 2.40. The summed E-state index contributed by atoms with van der Waals surface area (Å²) in [5, 5.41) is 14.1. The van der Waals surface area contributed by atoms with Crippen molar-refractivity contribution in [2.45, 2.75) is 25.7 Å². The molecular formula is C13H14ClN2O3-. The van der Waals surface area contributed by atoms with Crippen LogP contribution in [0.4, 0.5) is 5.82 Å². The summed E-state index contributed by atoms with van der Waals surface area (Å²) < 4.78 is 0. The number of aliphatic carboxylic acids is 1. The maximum atomic E-state index is 12.1. The van der Waals surface area contributed by atoms with Crippen LogP contribution in [0.1, 0.15) is 25.7 Å². The summed E-state index contributed by atoms with van der Waals surface area (Å²) in [5.41, 5.74) is 0. The molecule has 0 radical (unpaired) electrons. The Labute approximate surface area is 116 Å². The quantitative estimate of drug-likeness (QED) is 0.903. The van der Waals surface area contributed by atoms with Crippen molar-refractivity contribution < 1.29 is 14.7 Å². The second-order valence-corrected chi connectivity index (χ2v) is 5.10. The molecule has 1 aromatic heterocycles. The lowest BCUT2D eigenvalue weighted by Gasteiger charge is -2.30. The number of halogens is 1. The molecule has 1 aliphatic rings. The molecule has 1 aliphatic carbocycles. The largest absolute Gasteiger partial charge is 0.550 e. The number of carbonyl (C=O) groups excluding carboxylic acids is 2. The third kappa shape index (κ3) is 3.44. The van der Waals surface area contributed by atoms with E-state index < -0.39 is 17.8 Å². The van der Waals surface area contributed by atoms with Crippen molar-refractivity contribution in [3.63, 3.8) is 0 Å². The molecule has 0 bridgehead atoms. The van der Waals surface area contributed by atoms with Gasteiger partial charge < -0.3 is 15.2 Å².